The quantitative estimate of drug-likeness (QED) is 0.694. The van der Waals surface area contributed by atoms with Crippen molar-refractivity contribution in [3.63, 3.8) is 0 Å². The van der Waals surface area contributed by atoms with Gasteiger partial charge in [-0.1, -0.05) is 30.3 Å². The van der Waals surface area contributed by atoms with Gasteiger partial charge in [-0.3, -0.25) is 0 Å². The van der Waals surface area contributed by atoms with Gasteiger partial charge in [0.1, 0.15) is 0 Å². The van der Waals surface area contributed by atoms with E-state index in [0.29, 0.717) is 5.46 Å². The number of hydrogen-bond donors (Lipinski definition) is 1. The Morgan fingerprint density at radius 1 is 1.31 bits per heavy atom. The third kappa shape index (κ3) is 3.56. The second kappa shape index (κ2) is 3.89. The van der Waals surface area contributed by atoms with Crippen LogP contribution in [0, 0.1) is 0 Å². The van der Waals surface area contributed by atoms with E-state index in [2.05, 4.69) is 0 Å². The maximum Gasteiger partial charge on any atom is 0.475 e. The SMILES string of the molecule is CS(=O)(=O)NB(F)c1ccccc1. The summed E-state index contributed by atoms with van der Waals surface area (Å²) in [6.45, 7) is 0. The van der Waals surface area contributed by atoms with Crippen molar-refractivity contribution in [2.24, 2.45) is 0 Å². The Morgan fingerprint density at radius 3 is 2.31 bits per heavy atom. The average Bonchev–Trinajstić information content (AvgIpc) is 2.03. The van der Waals surface area contributed by atoms with Crippen LogP contribution in [-0.2, 0) is 10.0 Å². The first-order chi connectivity index (χ1) is 5.99. The lowest BCUT2D eigenvalue weighted by Crippen LogP contribution is -2.43. The molecular weight excluding hydrogens is 192 g/mol. The Bertz CT molecular complexity index is 367. The molecule has 1 rings (SSSR count). The van der Waals surface area contributed by atoms with Gasteiger partial charge in [-0.25, -0.2) is 13.1 Å². The predicted octanol–water partition coefficient (Wildman–Crippen LogP) is -0.0995. The van der Waals surface area contributed by atoms with E-state index >= 15 is 0 Å². The zero-order chi connectivity index (χ0) is 9.90. The van der Waals surface area contributed by atoms with Crippen LogP contribution < -0.4 is 10.1 Å². The molecule has 0 aliphatic carbocycles. The summed E-state index contributed by atoms with van der Waals surface area (Å²) in [7, 11) is -5.17. The zero-order valence-corrected chi connectivity index (χ0v) is 7.88. The van der Waals surface area contributed by atoms with E-state index in [-0.39, 0.29) is 0 Å². The van der Waals surface area contributed by atoms with E-state index in [0.717, 1.165) is 6.26 Å². The first-order valence-electron chi connectivity index (χ1n) is 3.65. The van der Waals surface area contributed by atoms with E-state index in [1.54, 1.807) is 18.2 Å². The summed E-state index contributed by atoms with van der Waals surface area (Å²) < 4.78 is 36.3. The van der Waals surface area contributed by atoms with Crippen LogP contribution in [0.1, 0.15) is 0 Å². The van der Waals surface area contributed by atoms with Gasteiger partial charge in [0.05, 0.1) is 6.26 Å². The first-order valence-corrected chi connectivity index (χ1v) is 5.54. The highest BCUT2D eigenvalue weighted by Crippen LogP contribution is 1.88. The molecule has 13 heavy (non-hydrogen) atoms. The molecule has 0 radical (unpaired) electrons. The molecular formula is C7H9BFNO2S. The van der Waals surface area contributed by atoms with Crippen LogP contribution >= 0.6 is 0 Å². The lowest BCUT2D eigenvalue weighted by atomic mass is 9.79. The predicted molar refractivity (Wildman–Crippen MR) is 50.9 cm³/mol. The summed E-state index contributed by atoms with van der Waals surface area (Å²) in [4.78, 5) is 0. The van der Waals surface area contributed by atoms with Crippen LogP contribution in [0.15, 0.2) is 30.3 Å². The molecule has 70 valence electrons. The highest BCUT2D eigenvalue weighted by Gasteiger charge is 2.20. The molecule has 0 aliphatic rings. The van der Waals surface area contributed by atoms with E-state index < -0.39 is 17.1 Å². The fourth-order valence-corrected chi connectivity index (χ4v) is 1.39. The van der Waals surface area contributed by atoms with Crippen molar-refractivity contribution in [1.29, 1.82) is 0 Å². The second-order valence-electron chi connectivity index (χ2n) is 2.66. The monoisotopic (exact) mass is 201 g/mol. The van der Waals surface area contributed by atoms with Crippen molar-refractivity contribution >= 4 is 22.6 Å². The molecule has 0 bridgehead atoms. The average molecular weight is 201 g/mol. The van der Waals surface area contributed by atoms with E-state index in [9.17, 15) is 12.7 Å². The smallest absolute Gasteiger partial charge is 0.303 e. The molecule has 0 saturated heterocycles. The Balaban J connectivity index is 2.76. The van der Waals surface area contributed by atoms with Crippen molar-refractivity contribution in [1.82, 2.24) is 4.63 Å². The molecule has 0 aliphatic heterocycles. The fourth-order valence-electron chi connectivity index (χ4n) is 0.878. The molecule has 0 spiro atoms. The minimum atomic E-state index is -3.50. The van der Waals surface area contributed by atoms with Crippen molar-refractivity contribution in [3.05, 3.63) is 30.3 Å². The molecule has 0 aromatic heterocycles. The van der Waals surface area contributed by atoms with E-state index in [1.165, 1.54) is 12.1 Å². The first kappa shape index (κ1) is 10.2. The minimum Gasteiger partial charge on any atom is -0.303 e. The molecule has 1 aromatic rings. The lowest BCUT2D eigenvalue weighted by Gasteiger charge is -2.03. The maximum atomic E-state index is 13.1. The van der Waals surface area contributed by atoms with Crippen LogP contribution in [0.25, 0.3) is 0 Å². The summed E-state index contributed by atoms with van der Waals surface area (Å²) in [5.41, 5.74) is 0.299. The number of sulfonamides is 1. The van der Waals surface area contributed by atoms with Crippen molar-refractivity contribution in [2.45, 2.75) is 0 Å². The Labute approximate surface area is 77.2 Å². The molecule has 0 amide bonds. The van der Waals surface area contributed by atoms with Gasteiger partial charge in [-0.15, -0.1) is 0 Å². The highest BCUT2D eigenvalue weighted by atomic mass is 32.2. The Hall–Kier alpha value is -0.875. The molecule has 0 atom stereocenters. The third-order valence-corrected chi connectivity index (χ3v) is 2.04. The maximum absolute atomic E-state index is 13.1. The minimum absolute atomic E-state index is 0.299. The van der Waals surface area contributed by atoms with Crippen LogP contribution in [0.4, 0.5) is 4.32 Å². The molecule has 0 fully saturated rings. The summed E-state index contributed by atoms with van der Waals surface area (Å²) in [6, 6.07) is 8.06. The van der Waals surface area contributed by atoms with Gasteiger partial charge in [-0.05, 0) is 5.46 Å². The summed E-state index contributed by atoms with van der Waals surface area (Å²) in [5.74, 6) is 0. The van der Waals surface area contributed by atoms with Crippen molar-refractivity contribution in [2.75, 3.05) is 6.26 Å². The van der Waals surface area contributed by atoms with Gasteiger partial charge >= 0.3 is 7.12 Å². The Morgan fingerprint density at radius 2 is 1.85 bits per heavy atom. The lowest BCUT2D eigenvalue weighted by molar-refractivity contribution is 0.597. The van der Waals surface area contributed by atoms with Crippen molar-refractivity contribution in [3.8, 4) is 0 Å². The van der Waals surface area contributed by atoms with Gasteiger partial charge in [-0.2, -0.15) is 0 Å². The van der Waals surface area contributed by atoms with Crippen LogP contribution in [0.2, 0.25) is 0 Å². The number of rotatable bonds is 3. The largest absolute Gasteiger partial charge is 0.475 e. The fraction of sp³-hybridized carbons (Fsp3) is 0.143. The molecule has 3 nitrogen and oxygen atoms in total. The third-order valence-electron chi connectivity index (χ3n) is 1.41. The normalized spacial score (nSPS) is 11.2. The zero-order valence-electron chi connectivity index (χ0n) is 7.07. The van der Waals surface area contributed by atoms with E-state index in [4.69, 9.17) is 0 Å². The Kier molecular flexibility index (Phi) is 3.05. The summed E-state index contributed by atoms with van der Waals surface area (Å²) in [6.07, 6.45) is 0.919. The van der Waals surface area contributed by atoms with Gasteiger partial charge in [0.2, 0.25) is 10.0 Å². The van der Waals surface area contributed by atoms with Gasteiger partial charge in [0.15, 0.2) is 0 Å². The van der Waals surface area contributed by atoms with Crippen LogP contribution in [0.5, 0.6) is 0 Å². The van der Waals surface area contributed by atoms with E-state index in [1.807, 2.05) is 4.63 Å². The number of benzene rings is 1. The summed E-state index contributed by atoms with van der Waals surface area (Å²) in [5, 5.41) is 0. The van der Waals surface area contributed by atoms with Gasteiger partial charge < -0.3 is 4.32 Å². The molecule has 6 heteroatoms. The van der Waals surface area contributed by atoms with Crippen LogP contribution in [-0.4, -0.2) is 21.8 Å². The van der Waals surface area contributed by atoms with Gasteiger partial charge in [0.25, 0.3) is 0 Å². The summed E-state index contributed by atoms with van der Waals surface area (Å²) >= 11 is 0. The molecule has 0 saturated carbocycles. The molecule has 0 heterocycles. The van der Waals surface area contributed by atoms with Gasteiger partial charge in [0, 0.05) is 0 Å². The molecule has 1 aromatic carbocycles. The van der Waals surface area contributed by atoms with Crippen LogP contribution in [0.3, 0.4) is 0 Å². The van der Waals surface area contributed by atoms with Crippen molar-refractivity contribution < 1.29 is 12.7 Å². The highest BCUT2D eigenvalue weighted by molar-refractivity contribution is 7.90. The standard InChI is InChI=1S/C7H9BFNO2S/c1-13(11,12)10-8(9)7-5-3-2-4-6-7/h2-6,10H,1H3. The number of hydrogen-bond acceptors (Lipinski definition) is 2. The number of halogens is 1. The topological polar surface area (TPSA) is 46.2 Å². The molecule has 0 unspecified atom stereocenters. The molecule has 1 N–H and O–H groups in total. The number of nitrogens with one attached hydrogen (secondary N) is 1. The second-order valence-corrected chi connectivity index (χ2v) is 4.44.